The smallest absolute Gasteiger partial charge is 0.264 e. The molecule has 0 atom stereocenters. The highest BCUT2D eigenvalue weighted by Gasteiger charge is 2.29. The molecule has 1 N–H and O–H groups in total. The molecule has 4 rings (SSSR count). The summed E-state index contributed by atoms with van der Waals surface area (Å²) in [5, 5.41) is 3.30. The molecule has 0 spiro atoms. The topological polar surface area (TPSA) is 71.5 Å². The van der Waals surface area contributed by atoms with Gasteiger partial charge in [-0.15, -0.1) is 23.4 Å². The highest BCUT2D eigenvalue weighted by molar-refractivity contribution is 8.00. The lowest BCUT2D eigenvalue weighted by molar-refractivity contribution is 0.315. The minimum atomic E-state index is -3.64. The number of ether oxygens (including phenoxy) is 1. The van der Waals surface area contributed by atoms with Crippen molar-refractivity contribution in [3.63, 3.8) is 0 Å². The molecule has 1 aromatic heterocycles. The zero-order valence-corrected chi connectivity index (χ0v) is 21.6. The van der Waals surface area contributed by atoms with Crippen molar-refractivity contribution in [2.45, 2.75) is 35.9 Å². The van der Waals surface area contributed by atoms with Crippen molar-refractivity contribution in [2.24, 2.45) is 0 Å². The summed E-state index contributed by atoms with van der Waals surface area (Å²) >= 11 is 7.59. The van der Waals surface area contributed by atoms with Gasteiger partial charge in [0.1, 0.15) is 11.6 Å². The Morgan fingerprint density at radius 3 is 2.68 bits per heavy atom. The molecule has 0 saturated carbocycles. The van der Waals surface area contributed by atoms with Crippen LogP contribution in [0.2, 0.25) is 0 Å². The van der Waals surface area contributed by atoms with E-state index < -0.39 is 10.0 Å². The Morgan fingerprint density at radius 1 is 1.12 bits per heavy atom. The summed E-state index contributed by atoms with van der Waals surface area (Å²) in [6.07, 6.45) is 0.767. The van der Waals surface area contributed by atoms with Crippen molar-refractivity contribution in [3.8, 4) is 5.75 Å². The van der Waals surface area contributed by atoms with Crippen LogP contribution in [0.3, 0.4) is 0 Å². The molecule has 0 amide bonds. The Labute approximate surface area is 210 Å². The maximum absolute atomic E-state index is 13.3. The largest absolute Gasteiger partial charge is 0.493 e. The predicted octanol–water partition coefficient (Wildman–Crippen LogP) is 5.62. The quantitative estimate of drug-likeness (QED) is 0.293. The van der Waals surface area contributed by atoms with Crippen LogP contribution >= 0.6 is 23.4 Å². The Hall–Kier alpha value is -2.42. The van der Waals surface area contributed by atoms with Gasteiger partial charge >= 0.3 is 0 Å². The number of benzene rings is 2. The minimum absolute atomic E-state index is 0.301. The summed E-state index contributed by atoms with van der Waals surface area (Å²) in [5.74, 6) is 2.62. The zero-order valence-electron chi connectivity index (χ0n) is 19.3. The summed E-state index contributed by atoms with van der Waals surface area (Å²) in [5.41, 5.74) is 3.65. The third-order valence-corrected chi connectivity index (χ3v) is 8.60. The van der Waals surface area contributed by atoms with Crippen molar-refractivity contribution in [2.75, 3.05) is 35.1 Å². The lowest BCUT2D eigenvalue weighted by Crippen LogP contribution is -2.35. The molecule has 0 unspecified atom stereocenters. The number of anilines is 2. The molecule has 2 aromatic carbocycles. The molecule has 180 valence electrons. The number of aryl methyl sites for hydroxylation is 2. The van der Waals surface area contributed by atoms with E-state index in [1.807, 2.05) is 56.3 Å². The molecule has 34 heavy (non-hydrogen) atoms. The summed E-state index contributed by atoms with van der Waals surface area (Å²) in [6.45, 7) is 5.51. The fourth-order valence-corrected chi connectivity index (χ4v) is 6.52. The Balaban J connectivity index is 1.40. The molecule has 0 radical (unpaired) electrons. The van der Waals surface area contributed by atoms with Gasteiger partial charge in [-0.1, -0.05) is 17.7 Å². The Morgan fingerprint density at radius 2 is 1.91 bits per heavy atom. The van der Waals surface area contributed by atoms with Crippen molar-refractivity contribution >= 4 is 44.9 Å². The van der Waals surface area contributed by atoms with Crippen molar-refractivity contribution in [3.05, 3.63) is 71.4 Å². The standard InChI is InChI=1S/C25H28ClN3O3S2/c1-18-4-7-22(8-5-18)34(30,31)29-11-13-33-24-9-6-21(16-23(24)29)32-12-3-10-27-25-15-20(17-26)14-19(2)28-25/h4-9,14-16H,3,10-13,17H2,1-2H3,(H,27,28). The van der Waals surface area contributed by atoms with Gasteiger partial charge in [0.05, 0.1) is 17.2 Å². The molecule has 2 heterocycles. The molecule has 0 saturated heterocycles. The van der Waals surface area contributed by atoms with E-state index in [0.717, 1.165) is 34.0 Å². The number of halogens is 1. The second-order valence-corrected chi connectivity index (χ2v) is 11.4. The zero-order chi connectivity index (χ0) is 24.1. The van der Waals surface area contributed by atoms with E-state index in [1.54, 1.807) is 23.9 Å². The highest BCUT2D eigenvalue weighted by atomic mass is 35.5. The van der Waals surface area contributed by atoms with E-state index in [0.29, 0.717) is 47.7 Å². The van der Waals surface area contributed by atoms with Crippen LogP contribution in [-0.4, -0.2) is 38.9 Å². The van der Waals surface area contributed by atoms with Gasteiger partial charge in [0.15, 0.2) is 0 Å². The number of alkyl halides is 1. The minimum Gasteiger partial charge on any atom is -0.493 e. The van der Waals surface area contributed by atoms with Gasteiger partial charge in [0, 0.05) is 41.4 Å². The number of hydrogen-bond donors (Lipinski definition) is 1. The van der Waals surface area contributed by atoms with Crippen LogP contribution in [0.1, 0.15) is 23.2 Å². The first kappa shape index (κ1) is 24.7. The van der Waals surface area contributed by atoms with Crippen molar-refractivity contribution in [1.82, 2.24) is 4.98 Å². The highest BCUT2D eigenvalue weighted by Crippen LogP contribution is 2.40. The van der Waals surface area contributed by atoms with Gasteiger partial charge in [-0.25, -0.2) is 13.4 Å². The first-order valence-electron chi connectivity index (χ1n) is 11.1. The predicted molar refractivity (Wildman–Crippen MR) is 140 cm³/mol. The molecular weight excluding hydrogens is 490 g/mol. The summed E-state index contributed by atoms with van der Waals surface area (Å²) in [6, 6.07) is 16.6. The summed E-state index contributed by atoms with van der Waals surface area (Å²) < 4.78 is 34.1. The van der Waals surface area contributed by atoms with Gasteiger partial charge in [-0.05, 0) is 62.2 Å². The lowest BCUT2D eigenvalue weighted by Gasteiger charge is -2.30. The van der Waals surface area contributed by atoms with Crippen LogP contribution in [-0.2, 0) is 15.9 Å². The molecular formula is C25H28ClN3O3S2. The Bertz CT molecular complexity index is 1250. The molecule has 0 aliphatic carbocycles. The fourth-order valence-electron chi connectivity index (χ4n) is 3.74. The molecule has 0 fully saturated rings. The summed E-state index contributed by atoms with van der Waals surface area (Å²) in [4.78, 5) is 5.71. The number of aromatic nitrogens is 1. The number of nitrogens with one attached hydrogen (secondary N) is 1. The number of fused-ring (bicyclic) bond motifs is 1. The van der Waals surface area contributed by atoms with Crippen LogP contribution < -0.4 is 14.4 Å². The van der Waals surface area contributed by atoms with E-state index in [-0.39, 0.29) is 0 Å². The third kappa shape index (κ3) is 5.79. The normalized spacial score (nSPS) is 13.4. The van der Waals surface area contributed by atoms with Crippen molar-refractivity contribution in [1.29, 1.82) is 0 Å². The molecule has 3 aromatic rings. The maximum Gasteiger partial charge on any atom is 0.264 e. The number of nitrogens with zero attached hydrogens (tertiary/aromatic N) is 2. The maximum atomic E-state index is 13.3. The number of hydrogen-bond acceptors (Lipinski definition) is 6. The van der Waals surface area contributed by atoms with Crippen LogP contribution in [0, 0.1) is 13.8 Å². The van der Waals surface area contributed by atoms with E-state index in [9.17, 15) is 8.42 Å². The second kappa shape index (κ2) is 10.9. The van der Waals surface area contributed by atoms with Crippen LogP contribution in [0.25, 0.3) is 0 Å². The number of thioether (sulfide) groups is 1. The van der Waals surface area contributed by atoms with Crippen LogP contribution in [0.15, 0.2) is 64.4 Å². The van der Waals surface area contributed by atoms with E-state index in [2.05, 4.69) is 10.3 Å². The SMILES string of the molecule is Cc1ccc(S(=O)(=O)N2CCSc3ccc(OCCCNc4cc(CCl)cc(C)n4)cc32)cc1. The van der Waals surface area contributed by atoms with Gasteiger partial charge in [0.2, 0.25) is 0 Å². The lowest BCUT2D eigenvalue weighted by atomic mass is 10.2. The van der Waals surface area contributed by atoms with Crippen molar-refractivity contribution < 1.29 is 13.2 Å². The van der Waals surface area contributed by atoms with E-state index in [1.165, 1.54) is 4.31 Å². The molecule has 9 heteroatoms. The number of pyridine rings is 1. The average Bonchev–Trinajstić information content (AvgIpc) is 2.83. The number of rotatable bonds is 9. The average molecular weight is 518 g/mol. The van der Waals surface area contributed by atoms with Crippen LogP contribution in [0.4, 0.5) is 11.5 Å². The van der Waals surface area contributed by atoms with E-state index in [4.69, 9.17) is 16.3 Å². The Kier molecular flexibility index (Phi) is 7.91. The van der Waals surface area contributed by atoms with Gasteiger partial charge in [-0.2, -0.15) is 0 Å². The first-order valence-corrected chi connectivity index (χ1v) is 14.1. The molecule has 1 aliphatic rings. The molecule has 6 nitrogen and oxygen atoms in total. The molecule has 0 bridgehead atoms. The summed E-state index contributed by atoms with van der Waals surface area (Å²) in [7, 11) is -3.64. The van der Waals surface area contributed by atoms with Gasteiger partial charge in [0.25, 0.3) is 10.0 Å². The number of sulfonamides is 1. The van der Waals surface area contributed by atoms with Gasteiger partial charge in [-0.3, -0.25) is 4.31 Å². The fraction of sp³-hybridized carbons (Fsp3) is 0.320. The first-order chi connectivity index (χ1) is 16.4. The molecule has 1 aliphatic heterocycles. The van der Waals surface area contributed by atoms with E-state index >= 15 is 0 Å². The van der Waals surface area contributed by atoms with Crippen LogP contribution in [0.5, 0.6) is 5.75 Å². The third-order valence-electron chi connectivity index (χ3n) is 5.42. The second-order valence-electron chi connectivity index (χ2n) is 8.13. The van der Waals surface area contributed by atoms with Gasteiger partial charge < -0.3 is 10.1 Å². The monoisotopic (exact) mass is 517 g/mol.